The van der Waals surface area contributed by atoms with Crippen molar-refractivity contribution >= 4 is 11.8 Å². The zero-order valence-electron chi connectivity index (χ0n) is 8.92. The molecule has 1 rings (SSSR count). The zero-order valence-corrected chi connectivity index (χ0v) is 8.92. The third-order valence-electron chi connectivity index (χ3n) is 2.04. The lowest BCUT2D eigenvalue weighted by Crippen LogP contribution is -2.25. The smallest absolute Gasteiger partial charge is 0.356 e. The van der Waals surface area contributed by atoms with Crippen LogP contribution in [0.3, 0.4) is 0 Å². The van der Waals surface area contributed by atoms with Crippen LogP contribution in [-0.2, 0) is 0 Å². The second-order valence-electron chi connectivity index (χ2n) is 3.06. The SMILES string of the molecule is CCN(CCC#N)c1cncc(C(=O)O)n1. The summed E-state index contributed by atoms with van der Waals surface area (Å²) in [7, 11) is 0. The highest BCUT2D eigenvalue weighted by molar-refractivity contribution is 5.85. The van der Waals surface area contributed by atoms with Crippen molar-refractivity contribution in [2.24, 2.45) is 0 Å². The van der Waals surface area contributed by atoms with E-state index in [1.54, 1.807) is 0 Å². The van der Waals surface area contributed by atoms with Crippen molar-refractivity contribution in [2.45, 2.75) is 13.3 Å². The van der Waals surface area contributed by atoms with Gasteiger partial charge in [0.1, 0.15) is 5.82 Å². The van der Waals surface area contributed by atoms with Crippen molar-refractivity contribution in [3.8, 4) is 6.07 Å². The summed E-state index contributed by atoms with van der Waals surface area (Å²) in [5, 5.41) is 17.3. The highest BCUT2D eigenvalue weighted by Gasteiger charge is 2.10. The molecule has 1 aromatic heterocycles. The summed E-state index contributed by atoms with van der Waals surface area (Å²) >= 11 is 0. The van der Waals surface area contributed by atoms with Gasteiger partial charge < -0.3 is 10.0 Å². The number of carboxylic acids is 1. The summed E-state index contributed by atoms with van der Waals surface area (Å²) in [6.07, 6.45) is 3.06. The summed E-state index contributed by atoms with van der Waals surface area (Å²) in [5.74, 6) is -0.622. The molecule has 0 fully saturated rings. The maximum atomic E-state index is 10.7. The summed E-state index contributed by atoms with van der Waals surface area (Å²) in [6, 6.07) is 2.03. The van der Waals surface area contributed by atoms with E-state index in [0.29, 0.717) is 25.3 Å². The molecule has 0 aliphatic heterocycles. The Labute approximate surface area is 93.2 Å². The molecule has 1 N–H and O–H groups in total. The first-order valence-corrected chi connectivity index (χ1v) is 4.86. The number of carbonyl (C=O) groups is 1. The molecule has 6 nitrogen and oxygen atoms in total. The van der Waals surface area contributed by atoms with Gasteiger partial charge in [-0.1, -0.05) is 0 Å². The Morgan fingerprint density at radius 2 is 2.38 bits per heavy atom. The minimum Gasteiger partial charge on any atom is -0.476 e. The Morgan fingerprint density at radius 1 is 1.62 bits per heavy atom. The molecule has 0 amide bonds. The second kappa shape index (κ2) is 5.66. The molecule has 84 valence electrons. The van der Waals surface area contributed by atoms with Gasteiger partial charge in [0.15, 0.2) is 5.69 Å². The van der Waals surface area contributed by atoms with E-state index < -0.39 is 5.97 Å². The van der Waals surface area contributed by atoms with Crippen LogP contribution in [0.4, 0.5) is 5.82 Å². The molecule has 0 atom stereocenters. The van der Waals surface area contributed by atoms with E-state index in [1.807, 2.05) is 17.9 Å². The minimum atomic E-state index is -1.11. The Hall–Kier alpha value is -2.16. The van der Waals surface area contributed by atoms with Gasteiger partial charge in [-0.2, -0.15) is 5.26 Å². The number of rotatable bonds is 5. The third-order valence-corrected chi connectivity index (χ3v) is 2.04. The number of nitriles is 1. The van der Waals surface area contributed by atoms with Crippen molar-refractivity contribution in [3.63, 3.8) is 0 Å². The van der Waals surface area contributed by atoms with E-state index in [1.165, 1.54) is 12.4 Å². The van der Waals surface area contributed by atoms with Gasteiger partial charge in [-0.15, -0.1) is 0 Å². The van der Waals surface area contributed by atoms with Gasteiger partial charge in [0.2, 0.25) is 0 Å². The predicted octanol–water partition coefficient (Wildman–Crippen LogP) is 0.915. The van der Waals surface area contributed by atoms with Gasteiger partial charge in [0, 0.05) is 13.1 Å². The van der Waals surface area contributed by atoms with Gasteiger partial charge >= 0.3 is 5.97 Å². The molecule has 0 radical (unpaired) electrons. The Kier molecular flexibility index (Phi) is 4.21. The fourth-order valence-corrected chi connectivity index (χ4v) is 1.23. The lowest BCUT2D eigenvalue weighted by molar-refractivity contribution is 0.0690. The van der Waals surface area contributed by atoms with Gasteiger partial charge in [-0.25, -0.2) is 9.78 Å². The van der Waals surface area contributed by atoms with E-state index >= 15 is 0 Å². The molecule has 0 saturated heterocycles. The molecular formula is C10H12N4O2. The van der Waals surface area contributed by atoms with E-state index in [9.17, 15) is 4.79 Å². The quantitative estimate of drug-likeness (QED) is 0.793. The minimum absolute atomic E-state index is 0.0899. The van der Waals surface area contributed by atoms with E-state index in [2.05, 4.69) is 9.97 Å². The Morgan fingerprint density at radius 3 is 2.94 bits per heavy atom. The average molecular weight is 220 g/mol. The van der Waals surface area contributed by atoms with Gasteiger partial charge in [0.25, 0.3) is 0 Å². The second-order valence-corrected chi connectivity index (χ2v) is 3.06. The van der Waals surface area contributed by atoms with Crippen LogP contribution in [0.25, 0.3) is 0 Å². The maximum absolute atomic E-state index is 10.7. The Balaban J connectivity index is 2.88. The topological polar surface area (TPSA) is 90.1 Å². The first-order chi connectivity index (χ1) is 7.69. The third kappa shape index (κ3) is 2.92. The number of aromatic nitrogens is 2. The van der Waals surface area contributed by atoms with Crippen LogP contribution in [0.15, 0.2) is 12.4 Å². The van der Waals surface area contributed by atoms with Crippen molar-refractivity contribution in [2.75, 3.05) is 18.0 Å². The molecule has 6 heteroatoms. The highest BCUT2D eigenvalue weighted by Crippen LogP contribution is 2.09. The first kappa shape index (κ1) is 11.9. The Bertz CT molecular complexity index is 414. The number of hydrogen-bond acceptors (Lipinski definition) is 5. The van der Waals surface area contributed by atoms with Crippen LogP contribution in [0.2, 0.25) is 0 Å². The molecule has 1 aromatic rings. The van der Waals surface area contributed by atoms with Crippen molar-refractivity contribution < 1.29 is 9.90 Å². The number of hydrogen-bond donors (Lipinski definition) is 1. The van der Waals surface area contributed by atoms with Crippen LogP contribution in [0.5, 0.6) is 0 Å². The van der Waals surface area contributed by atoms with Crippen molar-refractivity contribution in [3.05, 3.63) is 18.1 Å². The molecule has 0 spiro atoms. The molecule has 0 unspecified atom stereocenters. The molecule has 1 heterocycles. The zero-order chi connectivity index (χ0) is 12.0. The molecule has 0 aliphatic carbocycles. The molecule has 0 aliphatic rings. The van der Waals surface area contributed by atoms with Gasteiger partial charge in [-0.3, -0.25) is 4.98 Å². The summed E-state index contributed by atoms with van der Waals surface area (Å²) in [4.78, 5) is 20.3. The van der Waals surface area contributed by atoms with E-state index in [0.717, 1.165) is 0 Å². The summed E-state index contributed by atoms with van der Waals surface area (Å²) in [6.45, 7) is 3.08. The van der Waals surface area contributed by atoms with Gasteiger partial charge in [-0.05, 0) is 6.92 Å². The maximum Gasteiger partial charge on any atom is 0.356 e. The molecule has 0 aromatic carbocycles. The van der Waals surface area contributed by atoms with Crippen molar-refractivity contribution in [1.29, 1.82) is 5.26 Å². The van der Waals surface area contributed by atoms with Crippen LogP contribution in [0, 0.1) is 11.3 Å². The standard InChI is InChI=1S/C10H12N4O2/c1-2-14(5-3-4-11)9-7-12-6-8(13-9)10(15)16/h6-7H,2-3,5H2,1H3,(H,15,16). The highest BCUT2D eigenvalue weighted by atomic mass is 16.4. The van der Waals surface area contributed by atoms with E-state index in [-0.39, 0.29) is 5.69 Å². The predicted molar refractivity (Wildman–Crippen MR) is 57.1 cm³/mol. The van der Waals surface area contributed by atoms with E-state index in [4.69, 9.17) is 10.4 Å². The van der Waals surface area contributed by atoms with Crippen LogP contribution in [0.1, 0.15) is 23.8 Å². The van der Waals surface area contributed by atoms with Crippen LogP contribution in [-0.4, -0.2) is 34.1 Å². The van der Waals surface area contributed by atoms with Crippen LogP contribution < -0.4 is 4.90 Å². The molecule has 0 bridgehead atoms. The average Bonchev–Trinajstić information content (AvgIpc) is 2.30. The monoisotopic (exact) mass is 220 g/mol. The first-order valence-electron chi connectivity index (χ1n) is 4.86. The largest absolute Gasteiger partial charge is 0.476 e. The summed E-state index contributed by atoms with van der Waals surface area (Å²) in [5.41, 5.74) is -0.0899. The normalized spacial score (nSPS) is 9.50. The fourth-order valence-electron chi connectivity index (χ4n) is 1.23. The lowest BCUT2D eigenvalue weighted by atomic mass is 10.4. The van der Waals surface area contributed by atoms with Gasteiger partial charge in [0.05, 0.1) is 24.9 Å². The van der Waals surface area contributed by atoms with Crippen LogP contribution >= 0.6 is 0 Å². The fraction of sp³-hybridized carbons (Fsp3) is 0.400. The number of nitrogens with zero attached hydrogens (tertiary/aromatic N) is 4. The van der Waals surface area contributed by atoms with Crippen molar-refractivity contribution in [1.82, 2.24) is 9.97 Å². The molecular weight excluding hydrogens is 208 g/mol. The summed E-state index contributed by atoms with van der Waals surface area (Å²) < 4.78 is 0. The number of anilines is 1. The number of aromatic carboxylic acids is 1. The number of carboxylic acid groups (broad SMARTS) is 1. The molecule has 16 heavy (non-hydrogen) atoms. The lowest BCUT2D eigenvalue weighted by Gasteiger charge is -2.19. The molecule has 0 saturated carbocycles.